The van der Waals surface area contributed by atoms with E-state index in [0.717, 1.165) is 50.7 Å². The molecule has 9 aromatic rings. The minimum Gasteiger partial charge on any atom is -0.551 e. The molecule has 2 aromatic heterocycles. The molecule has 47 heavy (non-hydrogen) atoms. The van der Waals surface area contributed by atoms with Gasteiger partial charge in [-0.3, -0.25) is 0 Å². The number of fused-ring (bicyclic) bond motifs is 10. The molecular weight excluding hydrogens is 575 g/mol. The van der Waals surface area contributed by atoms with Gasteiger partial charge in [0, 0.05) is 61.5 Å². The molecule has 0 radical (unpaired) electrons. The van der Waals surface area contributed by atoms with Gasteiger partial charge in [0.2, 0.25) is 0 Å². The molecule has 0 aliphatic carbocycles. The van der Waals surface area contributed by atoms with Crippen LogP contribution >= 0.6 is 0 Å². The smallest absolute Gasteiger partial charge is 0.434 e. The van der Waals surface area contributed by atoms with Crippen LogP contribution in [-0.2, 0) is 0 Å². The molecule has 0 saturated heterocycles. The highest BCUT2D eigenvalue weighted by atomic mass is 16.5. The average molecular weight is 600 g/mol. The first-order valence-electron chi connectivity index (χ1n) is 16.0. The summed E-state index contributed by atoms with van der Waals surface area (Å²) >= 11 is 0. The van der Waals surface area contributed by atoms with Crippen molar-refractivity contribution in [3.8, 4) is 39.8 Å². The summed E-state index contributed by atoms with van der Waals surface area (Å²) in [7, 11) is 0. The number of aromatic nitrogens is 2. The zero-order valence-corrected chi connectivity index (χ0v) is 25.2. The summed E-state index contributed by atoms with van der Waals surface area (Å²) in [5.41, 5.74) is 11.2. The number of ether oxygens (including phenoxy) is 1. The van der Waals surface area contributed by atoms with Crippen LogP contribution in [0.4, 0.5) is 0 Å². The Labute approximate surface area is 270 Å². The fraction of sp³-hybridized carbons (Fsp3) is 0. The van der Waals surface area contributed by atoms with Gasteiger partial charge in [-0.15, -0.1) is 0 Å². The molecule has 0 unspecified atom stereocenters. The van der Waals surface area contributed by atoms with Gasteiger partial charge in [-0.25, -0.2) is 0 Å². The Bertz CT molecular complexity index is 2670. The summed E-state index contributed by atoms with van der Waals surface area (Å²) in [4.78, 5) is 0. The summed E-state index contributed by atoms with van der Waals surface area (Å²) in [6, 6.07) is 53.9. The number of rotatable bonds is 2. The molecule has 2 aliphatic heterocycles. The quantitative estimate of drug-likeness (QED) is 0.185. The Kier molecular flexibility index (Phi) is 4.89. The van der Waals surface area contributed by atoms with Crippen LogP contribution in [0.2, 0.25) is 0 Å². The van der Waals surface area contributed by atoms with E-state index in [2.05, 4.69) is 161 Å². The number of hydrogen-bond donors (Lipinski definition) is 0. The van der Waals surface area contributed by atoms with Crippen LogP contribution in [0.15, 0.2) is 152 Å². The van der Waals surface area contributed by atoms with E-state index >= 15 is 0 Å². The Balaban J connectivity index is 1.08. The SMILES string of the molecule is c1cc2c3c(c1)-c1ccc(-n4c5ccccc5c5ccccc54)cc1OB3c1ccc(-n3c4ccccc4c4ccccc43)cc1O2. The van der Waals surface area contributed by atoms with Crippen molar-refractivity contribution in [3.05, 3.63) is 152 Å². The van der Waals surface area contributed by atoms with Crippen LogP contribution in [0, 0.1) is 0 Å². The zero-order chi connectivity index (χ0) is 30.6. The highest BCUT2D eigenvalue weighted by Crippen LogP contribution is 2.42. The van der Waals surface area contributed by atoms with Gasteiger partial charge < -0.3 is 18.5 Å². The second kappa shape index (κ2) is 9.18. The third-order valence-electron chi connectivity index (χ3n) is 10.0. The van der Waals surface area contributed by atoms with Crippen LogP contribution in [0.25, 0.3) is 66.1 Å². The Morgan fingerprint density at radius 2 is 0.915 bits per heavy atom. The molecule has 0 saturated carbocycles. The Morgan fingerprint density at radius 3 is 1.49 bits per heavy atom. The molecular formula is C42H25BN2O2. The van der Waals surface area contributed by atoms with Crippen molar-refractivity contribution < 1.29 is 9.39 Å². The lowest BCUT2D eigenvalue weighted by Gasteiger charge is -2.33. The number of benzene rings is 7. The van der Waals surface area contributed by atoms with Crippen molar-refractivity contribution in [1.29, 1.82) is 0 Å². The van der Waals surface area contributed by atoms with E-state index in [4.69, 9.17) is 9.39 Å². The minimum atomic E-state index is -0.280. The summed E-state index contributed by atoms with van der Waals surface area (Å²) in [6.45, 7) is -0.280. The predicted octanol–water partition coefficient (Wildman–Crippen LogP) is 9.15. The highest BCUT2D eigenvalue weighted by molar-refractivity contribution is 6.84. The third-order valence-corrected chi connectivity index (χ3v) is 10.0. The van der Waals surface area contributed by atoms with Crippen LogP contribution in [0.3, 0.4) is 0 Å². The predicted molar refractivity (Wildman–Crippen MR) is 193 cm³/mol. The summed E-state index contributed by atoms with van der Waals surface area (Å²) in [5.74, 6) is 2.54. The number of nitrogens with zero attached hydrogens (tertiary/aromatic N) is 2. The largest absolute Gasteiger partial charge is 0.551 e. The van der Waals surface area contributed by atoms with Gasteiger partial charge in [-0.05, 0) is 54.1 Å². The van der Waals surface area contributed by atoms with E-state index in [1.54, 1.807) is 0 Å². The lowest BCUT2D eigenvalue weighted by molar-refractivity contribution is 0.479. The normalized spacial score (nSPS) is 13.0. The van der Waals surface area contributed by atoms with Crippen LogP contribution in [0.5, 0.6) is 17.2 Å². The molecule has 11 rings (SSSR count). The number of hydrogen-bond acceptors (Lipinski definition) is 2. The molecule has 5 heteroatoms. The second-order valence-electron chi connectivity index (χ2n) is 12.5. The van der Waals surface area contributed by atoms with Crippen molar-refractivity contribution >= 4 is 61.5 Å². The van der Waals surface area contributed by atoms with E-state index in [1.165, 1.54) is 43.6 Å². The summed E-state index contributed by atoms with van der Waals surface area (Å²) in [5, 5.41) is 4.97. The van der Waals surface area contributed by atoms with Crippen molar-refractivity contribution in [1.82, 2.24) is 9.13 Å². The molecule has 0 atom stereocenters. The number of para-hydroxylation sites is 4. The van der Waals surface area contributed by atoms with Crippen molar-refractivity contribution in [2.24, 2.45) is 0 Å². The average Bonchev–Trinajstić information content (AvgIpc) is 3.64. The van der Waals surface area contributed by atoms with Gasteiger partial charge in [-0.1, -0.05) is 91.0 Å². The summed E-state index contributed by atoms with van der Waals surface area (Å²) < 4.78 is 18.4. The first-order valence-corrected chi connectivity index (χ1v) is 16.0. The molecule has 0 fully saturated rings. The standard InChI is InChI=1S/C42H25BN2O2/c1-5-15-35-28(10-1)29-11-2-6-16-36(29)44(35)26-20-22-32-33-14-9-19-39-42(33)43(47-40(32)24-26)34-23-21-27(25-41(34)46-39)45-37-17-7-3-12-30(37)31-13-4-8-18-38(31)45/h1-25H. The van der Waals surface area contributed by atoms with E-state index in [9.17, 15) is 0 Å². The maximum atomic E-state index is 7.00. The molecule has 4 nitrogen and oxygen atoms in total. The molecule has 0 spiro atoms. The third kappa shape index (κ3) is 3.38. The maximum absolute atomic E-state index is 7.00. The topological polar surface area (TPSA) is 28.3 Å². The summed E-state index contributed by atoms with van der Waals surface area (Å²) in [6.07, 6.45) is 0. The monoisotopic (exact) mass is 600 g/mol. The Morgan fingerprint density at radius 1 is 0.404 bits per heavy atom. The van der Waals surface area contributed by atoms with Gasteiger partial charge in [0.25, 0.3) is 0 Å². The van der Waals surface area contributed by atoms with Crippen LogP contribution in [0.1, 0.15) is 0 Å². The van der Waals surface area contributed by atoms with Crippen molar-refractivity contribution in [3.63, 3.8) is 0 Å². The van der Waals surface area contributed by atoms with Gasteiger partial charge in [0.1, 0.15) is 17.2 Å². The molecule has 7 aromatic carbocycles. The molecule has 4 heterocycles. The molecule has 0 amide bonds. The highest BCUT2D eigenvalue weighted by Gasteiger charge is 2.41. The van der Waals surface area contributed by atoms with Gasteiger partial charge in [0.05, 0.1) is 22.1 Å². The van der Waals surface area contributed by atoms with E-state index in [1.807, 2.05) is 0 Å². The van der Waals surface area contributed by atoms with Crippen LogP contribution in [-0.4, -0.2) is 16.0 Å². The molecule has 0 bridgehead atoms. The first kappa shape index (κ1) is 25.0. The molecule has 218 valence electrons. The Hall–Kier alpha value is -6.20. The zero-order valence-electron chi connectivity index (χ0n) is 25.2. The van der Waals surface area contributed by atoms with E-state index in [-0.39, 0.29) is 6.92 Å². The first-order chi connectivity index (χ1) is 23.3. The molecule has 2 aliphatic rings. The fourth-order valence-electron chi connectivity index (χ4n) is 8.00. The van der Waals surface area contributed by atoms with Gasteiger partial charge >= 0.3 is 6.92 Å². The lowest BCUT2D eigenvalue weighted by Crippen LogP contribution is -2.53. The second-order valence-corrected chi connectivity index (χ2v) is 12.5. The van der Waals surface area contributed by atoms with E-state index in [0.29, 0.717) is 0 Å². The van der Waals surface area contributed by atoms with Crippen molar-refractivity contribution in [2.75, 3.05) is 0 Å². The minimum absolute atomic E-state index is 0.280. The van der Waals surface area contributed by atoms with E-state index < -0.39 is 0 Å². The maximum Gasteiger partial charge on any atom is 0.434 e. The lowest BCUT2D eigenvalue weighted by atomic mass is 9.51. The fourth-order valence-corrected chi connectivity index (χ4v) is 8.00. The van der Waals surface area contributed by atoms with Gasteiger partial charge in [0.15, 0.2) is 0 Å². The van der Waals surface area contributed by atoms with Gasteiger partial charge in [-0.2, -0.15) is 0 Å². The van der Waals surface area contributed by atoms with Crippen molar-refractivity contribution in [2.45, 2.75) is 0 Å². The molecule has 0 N–H and O–H groups in total. The van der Waals surface area contributed by atoms with Crippen LogP contribution < -0.4 is 20.3 Å².